The van der Waals surface area contributed by atoms with Crippen molar-refractivity contribution in [3.8, 4) is 28.6 Å². The average Bonchev–Trinajstić information content (AvgIpc) is 3.39. The molecule has 1 saturated heterocycles. The molecule has 0 bridgehead atoms. The zero-order chi connectivity index (χ0) is 32.6. The van der Waals surface area contributed by atoms with Gasteiger partial charge in [-0.15, -0.1) is 0 Å². The highest BCUT2D eigenvalue weighted by Crippen LogP contribution is 2.43. The quantitative estimate of drug-likeness (QED) is 0.217. The summed E-state index contributed by atoms with van der Waals surface area (Å²) in [5.41, 5.74) is 4.43. The van der Waals surface area contributed by atoms with Gasteiger partial charge < -0.3 is 39.5 Å². The van der Waals surface area contributed by atoms with E-state index >= 15 is 0 Å². The number of H-pyrrole nitrogens is 1. The number of carbonyl (C=O) groups excluding carboxylic acids is 2. The van der Waals surface area contributed by atoms with Gasteiger partial charge >= 0.3 is 6.09 Å². The smallest absolute Gasteiger partial charge is 0.410 e. The maximum atomic E-state index is 13.2. The minimum atomic E-state index is -0.559. The summed E-state index contributed by atoms with van der Waals surface area (Å²) >= 11 is 6.43. The summed E-state index contributed by atoms with van der Waals surface area (Å²) in [6.07, 6.45) is 3.02. The summed E-state index contributed by atoms with van der Waals surface area (Å²) in [6.45, 7) is 7.08. The number of aromatic amines is 1. The van der Waals surface area contributed by atoms with Crippen molar-refractivity contribution in [1.82, 2.24) is 25.2 Å². The van der Waals surface area contributed by atoms with Crippen LogP contribution in [-0.4, -0.2) is 77.4 Å². The van der Waals surface area contributed by atoms with Crippen LogP contribution in [0.25, 0.3) is 22.3 Å². The van der Waals surface area contributed by atoms with E-state index in [9.17, 15) is 9.59 Å². The van der Waals surface area contributed by atoms with Crippen LogP contribution in [0.2, 0.25) is 5.02 Å². The van der Waals surface area contributed by atoms with Crippen molar-refractivity contribution in [2.24, 2.45) is 0 Å². The highest BCUT2D eigenvalue weighted by atomic mass is 35.5. The number of hydrogen-bond acceptors (Lipinski definition) is 9. The molecule has 1 aromatic carbocycles. The minimum Gasteiger partial charge on any atom is -0.493 e. The van der Waals surface area contributed by atoms with E-state index in [0.29, 0.717) is 101 Å². The average molecular weight is 649 g/mol. The number of pyridine rings is 2. The predicted octanol–water partition coefficient (Wildman–Crippen LogP) is 6.10. The number of carbonyl (C=O) groups is 2. The zero-order valence-corrected chi connectivity index (χ0v) is 27.2. The molecule has 12 nitrogen and oxygen atoms in total. The van der Waals surface area contributed by atoms with Gasteiger partial charge in [0.2, 0.25) is 0 Å². The second-order valence-electron chi connectivity index (χ2n) is 12.2. The van der Waals surface area contributed by atoms with Crippen LogP contribution >= 0.6 is 11.6 Å². The highest BCUT2D eigenvalue weighted by molar-refractivity contribution is 6.32. The third kappa shape index (κ3) is 6.21. The van der Waals surface area contributed by atoms with Crippen molar-refractivity contribution in [2.45, 2.75) is 51.7 Å². The number of rotatable bonds is 7. The van der Waals surface area contributed by atoms with Crippen molar-refractivity contribution < 1.29 is 28.5 Å². The van der Waals surface area contributed by atoms with Crippen LogP contribution in [-0.2, 0) is 11.2 Å². The number of hydrogen-bond donors (Lipinski definition) is 3. The number of methoxy groups -OCH3 is 2. The minimum absolute atomic E-state index is 0.188. The van der Waals surface area contributed by atoms with Gasteiger partial charge in [0.05, 0.1) is 47.4 Å². The number of amides is 2. The number of anilines is 2. The van der Waals surface area contributed by atoms with Gasteiger partial charge in [0.1, 0.15) is 17.2 Å². The first kappa shape index (κ1) is 31.3. The maximum absolute atomic E-state index is 13.2. The molecular weight excluding hydrogens is 612 g/mol. The molecule has 5 heterocycles. The number of benzene rings is 1. The molecule has 3 aromatic heterocycles. The van der Waals surface area contributed by atoms with E-state index in [-0.39, 0.29) is 18.1 Å². The first-order valence-corrected chi connectivity index (χ1v) is 15.6. The van der Waals surface area contributed by atoms with E-state index in [0.717, 1.165) is 5.69 Å². The predicted molar refractivity (Wildman–Crippen MR) is 175 cm³/mol. The van der Waals surface area contributed by atoms with Gasteiger partial charge in [-0.05, 0) is 39.0 Å². The molecule has 0 radical (unpaired) electrons. The lowest BCUT2D eigenvalue weighted by Gasteiger charge is -2.33. The van der Waals surface area contributed by atoms with Crippen LogP contribution in [0.4, 0.5) is 16.2 Å². The molecule has 242 valence electrons. The van der Waals surface area contributed by atoms with Crippen LogP contribution in [0.1, 0.15) is 49.7 Å². The van der Waals surface area contributed by atoms with Gasteiger partial charge in [-0.1, -0.05) is 17.7 Å². The SMILES string of the molecule is COc1cc2nccc(-c3[nH]c4c(c3Nc3cccc(Cl)c3OC)C(=O)NCC4)c2nc1OC1CCN(C(=O)OC(C)(C)C)CC1. The van der Waals surface area contributed by atoms with E-state index in [4.69, 9.17) is 35.5 Å². The monoisotopic (exact) mass is 648 g/mol. The fourth-order valence-electron chi connectivity index (χ4n) is 5.76. The van der Waals surface area contributed by atoms with Gasteiger partial charge in [0.25, 0.3) is 11.8 Å². The van der Waals surface area contributed by atoms with E-state index < -0.39 is 5.60 Å². The molecule has 46 heavy (non-hydrogen) atoms. The van der Waals surface area contributed by atoms with Crippen LogP contribution in [0.15, 0.2) is 36.5 Å². The van der Waals surface area contributed by atoms with E-state index in [1.807, 2.05) is 39.0 Å². The zero-order valence-electron chi connectivity index (χ0n) is 26.5. The number of halogens is 1. The van der Waals surface area contributed by atoms with Crippen LogP contribution in [0.5, 0.6) is 17.4 Å². The molecule has 0 unspecified atom stereocenters. The van der Waals surface area contributed by atoms with Crippen LogP contribution in [0.3, 0.4) is 0 Å². The highest BCUT2D eigenvalue weighted by Gasteiger charge is 2.31. The van der Waals surface area contributed by atoms with Gasteiger partial charge in [-0.25, -0.2) is 9.78 Å². The summed E-state index contributed by atoms with van der Waals surface area (Å²) in [7, 11) is 3.10. The van der Waals surface area contributed by atoms with E-state index in [2.05, 4.69) is 20.6 Å². The molecule has 4 aromatic rings. The fourth-order valence-corrected chi connectivity index (χ4v) is 6.02. The van der Waals surface area contributed by atoms with E-state index in [1.54, 1.807) is 37.4 Å². The number of aromatic nitrogens is 3. The van der Waals surface area contributed by atoms with Crippen molar-refractivity contribution in [2.75, 3.05) is 39.2 Å². The molecule has 6 rings (SSSR count). The Hall–Kier alpha value is -4.71. The Morgan fingerprint density at radius 3 is 2.63 bits per heavy atom. The fraction of sp³-hybridized carbons (Fsp3) is 0.394. The Bertz CT molecular complexity index is 1790. The summed E-state index contributed by atoms with van der Waals surface area (Å²) in [4.78, 5) is 40.4. The van der Waals surface area contributed by atoms with Gasteiger partial charge in [-0.2, -0.15) is 0 Å². The number of fused-ring (bicyclic) bond motifs is 2. The largest absolute Gasteiger partial charge is 0.493 e. The molecule has 1 fully saturated rings. The lowest BCUT2D eigenvalue weighted by molar-refractivity contribution is 0.0121. The van der Waals surface area contributed by atoms with Gasteiger partial charge in [0.15, 0.2) is 11.5 Å². The van der Waals surface area contributed by atoms with Crippen molar-refractivity contribution in [1.29, 1.82) is 0 Å². The second-order valence-corrected chi connectivity index (χ2v) is 12.6. The Kier molecular flexibility index (Phi) is 8.56. The Morgan fingerprint density at radius 2 is 1.91 bits per heavy atom. The molecule has 2 aliphatic rings. The molecule has 13 heteroatoms. The molecule has 0 atom stereocenters. The number of para-hydroxylation sites is 1. The summed E-state index contributed by atoms with van der Waals surface area (Å²) in [5.74, 6) is 1.03. The lowest BCUT2D eigenvalue weighted by atomic mass is 10.0. The van der Waals surface area contributed by atoms with Crippen molar-refractivity contribution in [3.63, 3.8) is 0 Å². The standard InChI is InChI=1S/C33H37ClN6O6/c1-33(2,3)46-32(42)40-15-11-18(12-16-40)45-31-24(43-4)17-23-26(39-31)19(9-13-35-23)27-28(25-21(37-27)10-14-36-30(25)41)38-22-8-6-7-20(34)29(22)44-5/h6-9,13,17-18,37-38H,10-12,14-16H2,1-5H3,(H,36,41). The van der Waals surface area contributed by atoms with Crippen molar-refractivity contribution >= 4 is 46.0 Å². The third-order valence-corrected chi connectivity index (χ3v) is 8.20. The molecule has 0 saturated carbocycles. The first-order chi connectivity index (χ1) is 22.1. The normalized spacial score (nSPS) is 15.3. The van der Waals surface area contributed by atoms with Crippen molar-refractivity contribution in [3.05, 3.63) is 52.8 Å². The van der Waals surface area contributed by atoms with Gasteiger partial charge in [0, 0.05) is 62.4 Å². The Labute approximate surface area is 271 Å². The van der Waals surface area contributed by atoms with E-state index in [1.165, 1.54) is 0 Å². The molecule has 2 amide bonds. The second kappa shape index (κ2) is 12.6. The van der Waals surface area contributed by atoms with Crippen LogP contribution in [0, 0.1) is 0 Å². The third-order valence-electron chi connectivity index (χ3n) is 7.90. The van der Waals surface area contributed by atoms with Crippen LogP contribution < -0.4 is 24.8 Å². The number of likely N-dealkylation sites (tertiary alicyclic amines) is 1. The summed E-state index contributed by atoms with van der Waals surface area (Å²) < 4.78 is 23.2. The number of nitrogens with one attached hydrogen (secondary N) is 3. The number of ether oxygens (including phenoxy) is 4. The molecule has 0 aliphatic carbocycles. The maximum Gasteiger partial charge on any atom is 0.410 e. The van der Waals surface area contributed by atoms with Gasteiger partial charge in [-0.3, -0.25) is 9.78 Å². The topological polar surface area (TPSA) is 140 Å². The molecule has 3 N–H and O–H groups in total. The Balaban J connectivity index is 1.37. The molecule has 2 aliphatic heterocycles. The number of piperidine rings is 1. The first-order valence-electron chi connectivity index (χ1n) is 15.2. The Morgan fingerprint density at radius 1 is 1.13 bits per heavy atom. The summed E-state index contributed by atoms with van der Waals surface area (Å²) in [5, 5.41) is 6.80. The molecule has 0 spiro atoms. The summed E-state index contributed by atoms with van der Waals surface area (Å²) in [6, 6.07) is 9.02. The molecular formula is C33H37ClN6O6. The number of nitrogens with zero attached hydrogens (tertiary/aromatic N) is 3. The lowest BCUT2D eigenvalue weighted by Crippen LogP contribution is -2.44.